The molecule has 2 aliphatic rings. The normalized spacial score (nSPS) is 29.8. The first-order valence-electron chi connectivity index (χ1n) is 13.5. The number of aliphatic hydroxyl groups excluding tert-OH is 6. The third-order valence-corrected chi connectivity index (χ3v) is 7.16. The van der Waals surface area contributed by atoms with E-state index in [1.807, 2.05) is 0 Å². The van der Waals surface area contributed by atoms with E-state index in [-0.39, 0.29) is 37.8 Å². The molecule has 8 atom stereocenters. The van der Waals surface area contributed by atoms with Gasteiger partial charge in [-0.3, -0.25) is 4.79 Å². The van der Waals surface area contributed by atoms with E-state index in [0.29, 0.717) is 11.1 Å². The molecule has 0 radical (unpaired) electrons. The summed E-state index contributed by atoms with van der Waals surface area (Å²) in [6.07, 6.45) is -10.7. The highest BCUT2D eigenvalue weighted by Crippen LogP contribution is 2.22. The average Bonchev–Trinajstić information content (AvgIpc) is 3.01. The Kier molecular flexibility index (Phi) is 11.5. The monoisotopic (exact) mass is 592 g/mol. The summed E-state index contributed by atoms with van der Waals surface area (Å²) in [5, 5.41) is 60.3. The van der Waals surface area contributed by atoms with Gasteiger partial charge in [-0.2, -0.15) is 0 Å². The third kappa shape index (κ3) is 7.76. The fourth-order valence-corrected chi connectivity index (χ4v) is 4.74. The van der Waals surface area contributed by atoms with Gasteiger partial charge in [0.15, 0.2) is 5.78 Å². The number of carbonyl (C=O) groups excluding carboxylic acids is 2. The van der Waals surface area contributed by atoms with Crippen LogP contribution in [0.1, 0.15) is 26.3 Å². The molecular formula is C29H36O13. The predicted octanol–water partition coefficient (Wildman–Crippen LogP) is -1.56. The molecule has 230 valence electrons. The zero-order valence-electron chi connectivity index (χ0n) is 22.7. The van der Waals surface area contributed by atoms with Crippen molar-refractivity contribution in [2.75, 3.05) is 39.6 Å². The number of aliphatic hydroxyl groups is 6. The maximum absolute atomic E-state index is 13.0. The number of hydrogen-bond acceptors (Lipinski definition) is 13. The van der Waals surface area contributed by atoms with Gasteiger partial charge in [-0.1, -0.05) is 42.5 Å². The van der Waals surface area contributed by atoms with Crippen LogP contribution in [0.25, 0.3) is 0 Å². The summed E-state index contributed by atoms with van der Waals surface area (Å²) in [6.45, 7) is -2.19. The van der Waals surface area contributed by atoms with Crippen molar-refractivity contribution in [2.24, 2.45) is 0 Å². The number of ether oxygens (including phenoxy) is 5. The lowest BCUT2D eigenvalue weighted by Crippen LogP contribution is -2.56. The number of carbonyl (C=O) groups is 2. The molecule has 0 aromatic heterocycles. The van der Waals surface area contributed by atoms with Gasteiger partial charge in [-0.15, -0.1) is 0 Å². The van der Waals surface area contributed by atoms with Crippen LogP contribution >= 0.6 is 0 Å². The van der Waals surface area contributed by atoms with Crippen LogP contribution in [0.3, 0.4) is 0 Å². The molecule has 2 aromatic carbocycles. The van der Waals surface area contributed by atoms with E-state index >= 15 is 0 Å². The third-order valence-electron chi connectivity index (χ3n) is 7.16. The Morgan fingerprint density at radius 2 is 1.17 bits per heavy atom. The molecule has 0 amide bonds. The largest absolute Gasteiger partial charge is 0.454 e. The van der Waals surface area contributed by atoms with E-state index in [1.54, 1.807) is 30.3 Å². The summed E-state index contributed by atoms with van der Waals surface area (Å²) in [4.78, 5) is 25.7. The van der Waals surface area contributed by atoms with E-state index in [0.717, 1.165) is 0 Å². The molecule has 0 unspecified atom stereocenters. The molecule has 4 rings (SSSR count). The molecule has 0 aliphatic carbocycles. The van der Waals surface area contributed by atoms with Gasteiger partial charge in [0.2, 0.25) is 0 Å². The zero-order valence-corrected chi connectivity index (χ0v) is 22.7. The van der Waals surface area contributed by atoms with Crippen LogP contribution in [0.5, 0.6) is 0 Å². The van der Waals surface area contributed by atoms with Gasteiger partial charge in [-0.25, -0.2) is 4.79 Å². The van der Waals surface area contributed by atoms with Crippen molar-refractivity contribution < 1.29 is 63.9 Å². The average molecular weight is 593 g/mol. The molecular weight excluding hydrogens is 556 g/mol. The molecule has 0 saturated carbocycles. The number of hydrogen-bond donors (Lipinski definition) is 6. The van der Waals surface area contributed by atoms with Crippen molar-refractivity contribution in [3.8, 4) is 0 Å². The fraction of sp³-hybridized carbons (Fsp3) is 0.517. The van der Waals surface area contributed by atoms with E-state index in [2.05, 4.69) is 0 Å². The Bertz CT molecular complexity index is 1110. The Morgan fingerprint density at radius 3 is 1.64 bits per heavy atom. The molecule has 2 aromatic rings. The molecule has 2 saturated heterocycles. The first-order chi connectivity index (χ1) is 20.2. The Labute approximate surface area is 241 Å². The smallest absolute Gasteiger partial charge is 0.338 e. The minimum Gasteiger partial charge on any atom is -0.454 e. The summed E-state index contributed by atoms with van der Waals surface area (Å²) >= 11 is 0. The highest BCUT2D eigenvalue weighted by Gasteiger charge is 2.41. The summed E-state index contributed by atoms with van der Waals surface area (Å²) < 4.78 is 27.3. The molecule has 6 N–H and O–H groups in total. The Hall–Kier alpha value is -2.82. The van der Waals surface area contributed by atoms with Crippen molar-refractivity contribution >= 4 is 11.8 Å². The van der Waals surface area contributed by atoms with Crippen LogP contribution in [0.2, 0.25) is 0 Å². The van der Waals surface area contributed by atoms with Gasteiger partial charge >= 0.3 is 5.97 Å². The molecule has 2 heterocycles. The van der Waals surface area contributed by atoms with Crippen molar-refractivity contribution in [1.82, 2.24) is 0 Å². The van der Waals surface area contributed by atoms with Crippen molar-refractivity contribution in [2.45, 2.75) is 54.9 Å². The lowest BCUT2D eigenvalue weighted by atomic mass is 10.00. The van der Waals surface area contributed by atoms with Gasteiger partial charge in [-0.05, 0) is 12.1 Å². The van der Waals surface area contributed by atoms with E-state index in [1.165, 1.54) is 24.3 Å². The quantitative estimate of drug-likeness (QED) is 0.122. The van der Waals surface area contributed by atoms with Crippen LogP contribution in [0.4, 0.5) is 0 Å². The van der Waals surface area contributed by atoms with Crippen molar-refractivity contribution in [3.05, 3.63) is 71.3 Å². The number of esters is 1. The van der Waals surface area contributed by atoms with Crippen LogP contribution in [0.15, 0.2) is 54.6 Å². The predicted molar refractivity (Wildman–Crippen MR) is 143 cm³/mol. The standard InChI is InChI=1S/C29H36O13/c30-10-22-25(35)27(20(32)14-38-22)40-12-19(13-41-28-21(33)15-39-23(11-31)26(28)36)42-29(37)18-8-6-17(7-9-18)24(34)16-4-2-1-3-5-16/h1-9,19-23,25-28,30-33,35-36H,10-15H2/t20-,21-,22+,23+,25+,26+,27-,28-/m0/s1. The number of rotatable bonds is 12. The second-order valence-electron chi connectivity index (χ2n) is 10.1. The van der Waals surface area contributed by atoms with Crippen LogP contribution < -0.4 is 0 Å². The maximum atomic E-state index is 13.0. The second-order valence-corrected chi connectivity index (χ2v) is 10.1. The maximum Gasteiger partial charge on any atom is 0.338 e. The second kappa shape index (κ2) is 15.1. The Morgan fingerprint density at radius 1 is 0.714 bits per heavy atom. The number of benzene rings is 2. The van der Waals surface area contributed by atoms with Gasteiger partial charge in [0, 0.05) is 11.1 Å². The summed E-state index contributed by atoms with van der Waals surface area (Å²) in [5.41, 5.74) is 0.967. The number of ketones is 1. The molecule has 2 aliphatic heterocycles. The van der Waals surface area contributed by atoms with Crippen LogP contribution in [-0.4, -0.2) is 137 Å². The van der Waals surface area contributed by atoms with Gasteiger partial charge in [0.1, 0.15) is 54.9 Å². The first-order valence-corrected chi connectivity index (χ1v) is 13.5. The molecule has 2 fully saturated rings. The fourth-order valence-electron chi connectivity index (χ4n) is 4.74. The minimum absolute atomic E-state index is 0.113. The van der Waals surface area contributed by atoms with E-state index in [4.69, 9.17) is 23.7 Å². The topological polar surface area (TPSA) is 202 Å². The lowest BCUT2D eigenvalue weighted by Gasteiger charge is -2.38. The molecule has 42 heavy (non-hydrogen) atoms. The zero-order chi connectivity index (χ0) is 30.2. The van der Waals surface area contributed by atoms with Crippen LogP contribution in [-0.2, 0) is 23.7 Å². The first kappa shape index (κ1) is 32.1. The van der Waals surface area contributed by atoms with Crippen molar-refractivity contribution in [3.63, 3.8) is 0 Å². The summed E-state index contributed by atoms with van der Waals surface area (Å²) in [6, 6.07) is 14.5. The van der Waals surface area contributed by atoms with Crippen LogP contribution in [0, 0.1) is 0 Å². The summed E-state index contributed by atoms with van der Waals surface area (Å²) in [7, 11) is 0. The van der Waals surface area contributed by atoms with Crippen molar-refractivity contribution in [1.29, 1.82) is 0 Å². The lowest BCUT2D eigenvalue weighted by molar-refractivity contribution is -0.228. The minimum atomic E-state index is -1.38. The van der Waals surface area contributed by atoms with Gasteiger partial charge in [0.25, 0.3) is 0 Å². The SMILES string of the molecule is O=C(OC(CO[C@@H]1[C@H](O)[C@@H](CO)OC[C@@H]1O)CO[C@@H]1[C@H](O)[C@@H](CO)OC[C@@H]1O)c1ccc(C(=O)c2ccccc2)cc1. The molecule has 13 heteroatoms. The van der Waals surface area contributed by atoms with E-state index < -0.39 is 74.1 Å². The molecule has 0 bridgehead atoms. The molecule has 13 nitrogen and oxygen atoms in total. The Balaban J connectivity index is 1.45. The van der Waals surface area contributed by atoms with Gasteiger partial charge < -0.3 is 54.3 Å². The highest BCUT2D eigenvalue weighted by atomic mass is 16.6. The highest BCUT2D eigenvalue weighted by molar-refractivity contribution is 6.09. The molecule has 0 spiro atoms. The van der Waals surface area contributed by atoms with E-state index in [9.17, 15) is 40.2 Å². The van der Waals surface area contributed by atoms with Gasteiger partial charge in [0.05, 0.1) is 45.2 Å². The summed E-state index contributed by atoms with van der Waals surface area (Å²) in [5.74, 6) is -1.02.